The zero-order valence-corrected chi connectivity index (χ0v) is 10.6. The monoisotopic (exact) mass is 246 g/mol. The van der Waals surface area contributed by atoms with Crippen molar-refractivity contribution in [1.29, 1.82) is 0 Å². The summed E-state index contributed by atoms with van der Waals surface area (Å²) in [5.41, 5.74) is 2.41. The first-order valence-corrected chi connectivity index (χ1v) is 6.57. The molecule has 1 saturated carbocycles. The molecule has 0 radical (unpaired) electrons. The number of rotatable bonds is 1. The number of hydrogen-bond acceptors (Lipinski definition) is 3. The third-order valence-electron chi connectivity index (χ3n) is 4.51. The van der Waals surface area contributed by atoms with Crippen LogP contribution >= 0.6 is 0 Å². The average molecular weight is 246 g/mol. The third kappa shape index (κ3) is 1.61. The van der Waals surface area contributed by atoms with Gasteiger partial charge in [-0.2, -0.15) is 0 Å². The smallest absolute Gasteiger partial charge is 0.309 e. The topological polar surface area (TPSA) is 46.5 Å². The Labute approximate surface area is 107 Å². The number of methoxy groups -OCH3 is 1. The van der Waals surface area contributed by atoms with E-state index in [0.717, 1.165) is 32.1 Å². The number of phenols is 1. The lowest BCUT2D eigenvalue weighted by Gasteiger charge is -2.18. The zero-order chi connectivity index (χ0) is 12.8. The molecule has 1 fully saturated rings. The van der Waals surface area contributed by atoms with Crippen LogP contribution in [0, 0.1) is 5.92 Å². The van der Waals surface area contributed by atoms with Crippen LogP contribution in [0.15, 0.2) is 18.2 Å². The molecule has 0 amide bonds. The van der Waals surface area contributed by atoms with Crippen molar-refractivity contribution in [2.24, 2.45) is 5.92 Å². The predicted molar refractivity (Wildman–Crippen MR) is 67.5 cm³/mol. The van der Waals surface area contributed by atoms with Crippen molar-refractivity contribution < 1.29 is 14.6 Å². The second-order valence-electron chi connectivity index (χ2n) is 5.48. The maximum Gasteiger partial charge on any atom is 0.309 e. The Kier molecular flexibility index (Phi) is 2.58. The minimum Gasteiger partial charge on any atom is -0.508 e. The number of hydrogen-bond donors (Lipinski definition) is 1. The standard InChI is InChI=1S/C15H18O3/c1-18-14(17)13-9-15(13)7-3-2-4-10-5-6-11(16)8-12(10)15/h5-6,8,13,16H,2-4,7,9H2,1H3/t13-,15+/m1/s1. The molecule has 0 aromatic heterocycles. The molecular formula is C15H18O3. The molecule has 0 aliphatic heterocycles. The van der Waals surface area contributed by atoms with Gasteiger partial charge in [-0.25, -0.2) is 0 Å². The van der Waals surface area contributed by atoms with Gasteiger partial charge in [-0.05, 0) is 48.9 Å². The highest BCUT2D eigenvalue weighted by Gasteiger charge is 2.60. The first-order chi connectivity index (χ1) is 8.67. The minimum atomic E-state index is -0.105. The number of aromatic hydroxyl groups is 1. The van der Waals surface area contributed by atoms with Crippen LogP contribution in [0.3, 0.4) is 0 Å². The van der Waals surface area contributed by atoms with Gasteiger partial charge < -0.3 is 9.84 Å². The van der Waals surface area contributed by atoms with Crippen molar-refractivity contribution in [3.63, 3.8) is 0 Å². The molecule has 0 heterocycles. The molecule has 3 nitrogen and oxygen atoms in total. The van der Waals surface area contributed by atoms with Crippen LogP contribution in [0.5, 0.6) is 5.75 Å². The van der Waals surface area contributed by atoms with E-state index < -0.39 is 0 Å². The number of fused-ring (bicyclic) bond motifs is 2. The fourth-order valence-electron chi connectivity index (χ4n) is 3.47. The number of benzene rings is 1. The summed E-state index contributed by atoms with van der Waals surface area (Å²) >= 11 is 0. The van der Waals surface area contributed by atoms with Crippen LogP contribution in [0.25, 0.3) is 0 Å². The van der Waals surface area contributed by atoms with Gasteiger partial charge >= 0.3 is 5.97 Å². The van der Waals surface area contributed by atoms with Crippen molar-refractivity contribution in [3.05, 3.63) is 29.3 Å². The van der Waals surface area contributed by atoms with Crippen molar-refractivity contribution >= 4 is 5.97 Å². The number of ether oxygens (including phenoxy) is 1. The number of carbonyl (C=O) groups excluding carboxylic acids is 1. The van der Waals surface area contributed by atoms with E-state index in [1.165, 1.54) is 18.2 Å². The average Bonchev–Trinajstić information content (AvgIpc) is 3.13. The Morgan fingerprint density at radius 1 is 1.44 bits per heavy atom. The van der Waals surface area contributed by atoms with Crippen LogP contribution in [-0.2, 0) is 21.4 Å². The van der Waals surface area contributed by atoms with Crippen molar-refractivity contribution in [1.82, 2.24) is 0 Å². The fourth-order valence-corrected chi connectivity index (χ4v) is 3.47. The Bertz CT molecular complexity index is 495. The molecule has 3 rings (SSSR count). The first kappa shape index (κ1) is 11.6. The maximum absolute atomic E-state index is 11.8. The predicted octanol–water partition coefficient (Wildman–Crippen LogP) is 2.55. The van der Waals surface area contributed by atoms with Crippen molar-refractivity contribution in [2.75, 3.05) is 7.11 Å². The van der Waals surface area contributed by atoms with E-state index in [1.54, 1.807) is 6.07 Å². The summed E-state index contributed by atoms with van der Waals surface area (Å²) in [4.78, 5) is 11.8. The molecule has 2 aliphatic carbocycles. The van der Waals surface area contributed by atoms with Crippen molar-refractivity contribution in [3.8, 4) is 5.75 Å². The largest absolute Gasteiger partial charge is 0.508 e. The molecule has 0 bridgehead atoms. The van der Waals surface area contributed by atoms with Crippen LogP contribution in [0.1, 0.15) is 36.8 Å². The van der Waals surface area contributed by atoms with Gasteiger partial charge in [0.05, 0.1) is 13.0 Å². The molecule has 2 atom stereocenters. The molecule has 2 aliphatic rings. The van der Waals surface area contributed by atoms with Crippen LogP contribution < -0.4 is 0 Å². The van der Waals surface area contributed by atoms with E-state index in [9.17, 15) is 9.90 Å². The Balaban J connectivity index is 2.03. The van der Waals surface area contributed by atoms with E-state index in [0.29, 0.717) is 5.75 Å². The number of esters is 1. The van der Waals surface area contributed by atoms with Crippen LogP contribution in [0.2, 0.25) is 0 Å². The number of carbonyl (C=O) groups is 1. The van der Waals surface area contributed by atoms with E-state index in [4.69, 9.17) is 4.74 Å². The maximum atomic E-state index is 11.8. The van der Waals surface area contributed by atoms with Gasteiger partial charge in [0, 0.05) is 5.41 Å². The lowest BCUT2D eigenvalue weighted by molar-refractivity contribution is -0.142. The van der Waals surface area contributed by atoms with E-state index in [1.807, 2.05) is 12.1 Å². The van der Waals surface area contributed by atoms with Gasteiger partial charge in [0.2, 0.25) is 0 Å². The lowest BCUT2D eigenvalue weighted by Crippen LogP contribution is -2.17. The van der Waals surface area contributed by atoms with E-state index in [-0.39, 0.29) is 17.3 Å². The van der Waals surface area contributed by atoms with Gasteiger partial charge in [-0.15, -0.1) is 0 Å². The van der Waals surface area contributed by atoms with Gasteiger partial charge in [0.1, 0.15) is 5.75 Å². The summed E-state index contributed by atoms with van der Waals surface area (Å²) in [5.74, 6) is 0.179. The normalized spacial score (nSPS) is 29.5. The summed E-state index contributed by atoms with van der Waals surface area (Å²) in [6, 6.07) is 5.60. The van der Waals surface area contributed by atoms with Gasteiger partial charge in [0.15, 0.2) is 0 Å². The second kappa shape index (κ2) is 4.01. The Hall–Kier alpha value is -1.51. The molecule has 1 aromatic rings. The summed E-state index contributed by atoms with van der Waals surface area (Å²) in [7, 11) is 1.45. The molecule has 0 unspecified atom stereocenters. The minimum absolute atomic E-state index is 0.0128. The SMILES string of the molecule is COC(=O)[C@H]1C[C@]12CCCCc1ccc(O)cc12. The van der Waals surface area contributed by atoms with Crippen molar-refractivity contribution in [2.45, 2.75) is 37.5 Å². The Morgan fingerprint density at radius 3 is 3.06 bits per heavy atom. The molecule has 3 heteroatoms. The zero-order valence-electron chi connectivity index (χ0n) is 10.6. The molecule has 1 aromatic carbocycles. The third-order valence-corrected chi connectivity index (χ3v) is 4.51. The van der Waals surface area contributed by atoms with Gasteiger partial charge in [0.25, 0.3) is 0 Å². The lowest BCUT2D eigenvalue weighted by atomic mass is 9.87. The molecular weight excluding hydrogens is 228 g/mol. The first-order valence-electron chi connectivity index (χ1n) is 6.57. The molecule has 0 saturated heterocycles. The highest BCUT2D eigenvalue weighted by molar-refractivity contribution is 5.79. The van der Waals surface area contributed by atoms with Crippen LogP contribution in [0.4, 0.5) is 0 Å². The summed E-state index contributed by atoms with van der Waals surface area (Å²) in [6.45, 7) is 0. The van der Waals surface area contributed by atoms with E-state index >= 15 is 0 Å². The summed E-state index contributed by atoms with van der Waals surface area (Å²) in [5, 5.41) is 9.71. The van der Waals surface area contributed by atoms with Gasteiger partial charge in [-0.1, -0.05) is 12.5 Å². The number of phenolic OH excluding ortho intramolecular Hbond substituents is 1. The molecule has 1 N–H and O–H groups in total. The molecule has 18 heavy (non-hydrogen) atoms. The van der Waals surface area contributed by atoms with Gasteiger partial charge in [-0.3, -0.25) is 4.79 Å². The molecule has 1 spiro atoms. The second-order valence-corrected chi connectivity index (χ2v) is 5.48. The quantitative estimate of drug-likeness (QED) is 0.775. The number of aryl methyl sites for hydroxylation is 1. The summed E-state index contributed by atoms with van der Waals surface area (Å²) < 4.78 is 4.89. The molecule has 96 valence electrons. The highest BCUT2D eigenvalue weighted by Crippen LogP contribution is 2.60. The summed E-state index contributed by atoms with van der Waals surface area (Å²) in [6.07, 6.45) is 5.25. The highest BCUT2D eigenvalue weighted by atomic mass is 16.5. The fraction of sp³-hybridized carbons (Fsp3) is 0.533. The Morgan fingerprint density at radius 2 is 2.28 bits per heavy atom. The van der Waals surface area contributed by atoms with E-state index in [2.05, 4.69) is 0 Å². The van der Waals surface area contributed by atoms with Crippen LogP contribution in [-0.4, -0.2) is 18.2 Å².